The SMILES string of the molecule is NC(=O)c1cnc(N2CCC[C@H](NC(=O)O)C2)nc1Nc1cc(-c2ccccc2)c(=O)n(-c2ccccc2)c1. The number of benzene rings is 2. The first-order chi connectivity index (χ1) is 18.9. The maximum Gasteiger partial charge on any atom is 0.404 e. The lowest BCUT2D eigenvalue weighted by atomic mass is 10.1. The van der Waals surface area contributed by atoms with Crippen LogP contribution in [0.4, 0.5) is 22.2 Å². The predicted octanol–water partition coefficient (Wildman–Crippen LogP) is 3.37. The summed E-state index contributed by atoms with van der Waals surface area (Å²) in [6, 6.07) is 19.9. The summed E-state index contributed by atoms with van der Waals surface area (Å²) < 4.78 is 1.53. The molecule has 1 aliphatic heterocycles. The molecule has 3 heterocycles. The molecule has 0 aliphatic carbocycles. The molecule has 2 amide bonds. The number of pyridine rings is 1. The Hall–Kier alpha value is -5.19. The van der Waals surface area contributed by atoms with Crippen molar-refractivity contribution in [1.29, 1.82) is 0 Å². The molecule has 2 aromatic carbocycles. The molecule has 5 rings (SSSR count). The number of hydrogen-bond donors (Lipinski definition) is 4. The van der Waals surface area contributed by atoms with Gasteiger partial charge in [0, 0.05) is 42.8 Å². The fourth-order valence-electron chi connectivity index (χ4n) is 4.64. The van der Waals surface area contributed by atoms with Gasteiger partial charge in [-0.15, -0.1) is 0 Å². The zero-order valence-electron chi connectivity index (χ0n) is 20.9. The fraction of sp³-hybridized carbons (Fsp3) is 0.179. The number of rotatable bonds is 7. The van der Waals surface area contributed by atoms with E-state index in [4.69, 9.17) is 10.8 Å². The highest BCUT2D eigenvalue weighted by Crippen LogP contribution is 2.26. The number of anilines is 3. The van der Waals surface area contributed by atoms with Crippen LogP contribution in [0.5, 0.6) is 0 Å². The van der Waals surface area contributed by atoms with E-state index in [-0.39, 0.29) is 23.0 Å². The van der Waals surface area contributed by atoms with Crippen molar-refractivity contribution in [2.24, 2.45) is 5.73 Å². The molecule has 2 aromatic heterocycles. The second-order valence-corrected chi connectivity index (χ2v) is 9.18. The van der Waals surface area contributed by atoms with Gasteiger partial charge in [0.1, 0.15) is 11.4 Å². The first-order valence-corrected chi connectivity index (χ1v) is 12.4. The summed E-state index contributed by atoms with van der Waals surface area (Å²) in [6.45, 7) is 1.02. The minimum Gasteiger partial charge on any atom is -0.465 e. The Bertz CT molecular complexity index is 1490. The van der Waals surface area contributed by atoms with E-state index in [0.717, 1.165) is 12.0 Å². The van der Waals surface area contributed by atoms with E-state index in [2.05, 4.69) is 20.6 Å². The summed E-state index contributed by atoms with van der Waals surface area (Å²) in [5.41, 5.74) is 7.88. The van der Waals surface area contributed by atoms with Gasteiger partial charge in [-0.1, -0.05) is 48.5 Å². The molecule has 1 atom stereocenters. The molecule has 198 valence electrons. The van der Waals surface area contributed by atoms with Crippen LogP contribution in [0.1, 0.15) is 23.2 Å². The van der Waals surface area contributed by atoms with Crippen LogP contribution in [0.3, 0.4) is 0 Å². The summed E-state index contributed by atoms with van der Waals surface area (Å²) in [7, 11) is 0. The van der Waals surface area contributed by atoms with Crippen LogP contribution in [-0.4, -0.2) is 50.8 Å². The first-order valence-electron chi connectivity index (χ1n) is 12.4. The fourth-order valence-corrected chi connectivity index (χ4v) is 4.64. The number of primary amides is 1. The molecule has 0 unspecified atom stereocenters. The van der Waals surface area contributed by atoms with Gasteiger partial charge in [0.05, 0.1) is 5.69 Å². The number of nitrogens with one attached hydrogen (secondary N) is 2. The number of carbonyl (C=O) groups is 2. The van der Waals surface area contributed by atoms with E-state index in [9.17, 15) is 14.4 Å². The van der Waals surface area contributed by atoms with Crippen molar-refractivity contribution in [2.45, 2.75) is 18.9 Å². The predicted molar refractivity (Wildman–Crippen MR) is 148 cm³/mol. The van der Waals surface area contributed by atoms with Crippen LogP contribution in [0.15, 0.2) is 83.9 Å². The van der Waals surface area contributed by atoms with Gasteiger partial charge in [0.2, 0.25) is 5.95 Å². The maximum atomic E-state index is 13.5. The van der Waals surface area contributed by atoms with Crippen LogP contribution in [0.25, 0.3) is 16.8 Å². The lowest BCUT2D eigenvalue weighted by molar-refractivity contribution is 0.100. The van der Waals surface area contributed by atoms with E-state index in [1.165, 1.54) is 10.8 Å². The van der Waals surface area contributed by atoms with Gasteiger partial charge in [-0.25, -0.2) is 9.78 Å². The average molecular weight is 526 g/mol. The second-order valence-electron chi connectivity index (χ2n) is 9.18. The largest absolute Gasteiger partial charge is 0.465 e. The number of para-hydroxylation sites is 1. The normalized spacial score (nSPS) is 15.0. The molecule has 1 saturated heterocycles. The molecule has 0 radical (unpaired) electrons. The van der Waals surface area contributed by atoms with E-state index >= 15 is 0 Å². The van der Waals surface area contributed by atoms with E-state index in [0.29, 0.717) is 42.4 Å². The van der Waals surface area contributed by atoms with Gasteiger partial charge in [-0.2, -0.15) is 4.98 Å². The smallest absolute Gasteiger partial charge is 0.404 e. The maximum absolute atomic E-state index is 13.5. The Labute approximate surface area is 223 Å². The molecule has 1 aliphatic rings. The molecule has 5 N–H and O–H groups in total. The first kappa shape index (κ1) is 25.5. The number of nitrogens with two attached hydrogens (primary N) is 1. The topological polar surface area (TPSA) is 155 Å². The molecular formula is C28H27N7O4. The number of hydrogen-bond acceptors (Lipinski definition) is 7. The van der Waals surface area contributed by atoms with Crippen molar-refractivity contribution < 1.29 is 14.7 Å². The van der Waals surface area contributed by atoms with Gasteiger partial charge in [-0.05, 0) is 36.6 Å². The van der Waals surface area contributed by atoms with Crippen LogP contribution >= 0.6 is 0 Å². The Balaban J connectivity index is 1.56. The molecule has 11 heteroatoms. The van der Waals surface area contributed by atoms with Gasteiger partial charge in [0.25, 0.3) is 11.5 Å². The lowest BCUT2D eigenvalue weighted by Crippen LogP contribution is -2.48. The highest BCUT2D eigenvalue weighted by atomic mass is 16.4. The van der Waals surface area contributed by atoms with Crippen molar-refractivity contribution in [3.63, 3.8) is 0 Å². The molecule has 0 spiro atoms. The van der Waals surface area contributed by atoms with Crippen molar-refractivity contribution in [3.05, 3.63) is 95.0 Å². The number of amides is 2. The third-order valence-electron chi connectivity index (χ3n) is 6.47. The van der Waals surface area contributed by atoms with Crippen LogP contribution in [0, 0.1) is 0 Å². The minimum atomic E-state index is -1.09. The zero-order chi connectivity index (χ0) is 27.4. The zero-order valence-corrected chi connectivity index (χ0v) is 20.9. The summed E-state index contributed by atoms with van der Waals surface area (Å²) in [5, 5.41) is 14.8. The number of piperidine rings is 1. The van der Waals surface area contributed by atoms with E-state index in [1.54, 1.807) is 12.3 Å². The quantitative estimate of drug-likeness (QED) is 0.286. The standard InChI is InChI=1S/C28H27N7O4/c29-24(36)23-15-30-27(34-13-7-10-19(16-34)32-28(38)39)33-25(23)31-20-14-22(18-8-3-1-4-9-18)26(37)35(17-20)21-11-5-2-6-12-21/h1-6,8-9,11-12,14-15,17,19,32H,7,10,13,16H2,(H2,29,36)(H,38,39)(H,30,31,33)/t19-/m0/s1. The molecule has 1 fully saturated rings. The molecule has 39 heavy (non-hydrogen) atoms. The van der Waals surface area contributed by atoms with Crippen molar-refractivity contribution in [1.82, 2.24) is 19.9 Å². The second kappa shape index (κ2) is 11.1. The molecule has 11 nitrogen and oxygen atoms in total. The third-order valence-corrected chi connectivity index (χ3v) is 6.47. The Morgan fingerprint density at radius 2 is 1.77 bits per heavy atom. The van der Waals surface area contributed by atoms with Crippen LogP contribution in [-0.2, 0) is 0 Å². The number of aromatic nitrogens is 3. The summed E-state index contributed by atoms with van der Waals surface area (Å²) in [4.78, 5) is 47.7. The monoisotopic (exact) mass is 525 g/mol. The van der Waals surface area contributed by atoms with Gasteiger partial charge in [-0.3, -0.25) is 14.2 Å². The number of nitrogens with zero attached hydrogens (tertiary/aromatic N) is 4. The summed E-state index contributed by atoms with van der Waals surface area (Å²) >= 11 is 0. The molecule has 0 bridgehead atoms. The van der Waals surface area contributed by atoms with Crippen molar-refractivity contribution >= 4 is 29.5 Å². The van der Waals surface area contributed by atoms with Gasteiger partial charge in [0.15, 0.2) is 0 Å². The average Bonchev–Trinajstić information content (AvgIpc) is 2.94. The Morgan fingerprint density at radius 3 is 2.46 bits per heavy atom. The molecule has 0 saturated carbocycles. The molecular weight excluding hydrogens is 498 g/mol. The summed E-state index contributed by atoms with van der Waals surface area (Å²) in [5.74, 6) is -0.204. The van der Waals surface area contributed by atoms with Gasteiger partial charge >= 0.3 is 6.09 Å². The van der Waals surface area contributed by atoms with Gasteiger partial charge < -0.3 is 26.4 Å². The molecule has 4 aromatic rings. The Kier molecular flexibility index (Phi) is 7.21. The highest BCUT2D eigenvalue weighted by molar-refractivity contribution is 5.98. The van der Waals surface area contributed by atoms with E-state index in [1.807, 2.05) is 65.6 Å². The highest BCUT2D eigenvalue weighted by Gasteiger charge is 2.24. The van der Waals surface area contributed by atoms with Crippen LogP contribution < -0.4 is 26.8 Å². The number of carbonyl (C=O) groups excluding carboxylic acids is 1. The van der Waals surface area contributed by atoms with Crippen molar-refractivity contribution in [3.8, 4) is 16.8 Å². The van der Waals surface area contributed by atoms with E-state index < -0.39 is 12.0 Å². The minimum absolute atomic E-state index is 0.0784. The summed E-state index contributed by atoms with van der Waals surface area (Å²) in [6.07, 6.45) is 3.36. The third kappa shape index (κ3) is 5.72. The van der Waals surface area contributed by atoms with Crippen molar-refractivity contribution in [2.75, 3.05) is 23.3 Å². The Morgan fingerprint density at radius 1 is 1.05 bits per heavy atom. The van der Waals surface area contributed by atoms with Crippen LogP contribution in [0.2, 0.25) is 0 Å². The lowest BCUT2D eigenvalue weighted by Gasteiger charge is -2.32. The number of carboxylic acid groups (broad SMARTS) is 1.